The first-order valence-electron chi connectivity index (χ1n) is 6.15. The minimum Gasteiger partial charge on any atom is -0.494 e. The molecule has 0 spiro atoms. The Hall–Kier alpha value is -2.16. The molecule has 0 saturated heterocycles. The second-order valence-electron chi connectivity index (χ2n) is 4.25. The summed E-state index contributed by atoms with van der Waals surface area (Å²) >= 11 is 0. The maximum atomic E-state index is 13.0. The molecule has 0 saturated carbocycles. The molecule has 2 rings (SSSR count). The number of hydrogen-bond acceptors (Lipinski definition) is 2. The first kappa shape index (κ1) is 13.3. The van der Waals surface area contributed by atoms with Crippen LogP contribution in [-0.2, 0) is 0 Å². The van der Waals surface area contributed by atoms with Gasteiger partial charge >= 0.3 is 0 Å². The Kier molecular flexibility index (Phi) is 3.95. The molecule has 3 heteroatoms. The predicted molar refractivity (Wildman–Crippen MR) is 72.2 cm³/mol. The molecular weight excluding hydrogens is 243 g/mol. The lowest BCUT2D eigenvalue weighted by molar-refractivity contribution is 0.103. The second-order valence-corrected chi connectivity index (χ2v) is 4.25. The van der Waals surface area contributed by atoms with Crippen molar-refractivity contribution in [3.8, 4) is 5.75 Å². The van der Waals surface area contributed by atoms with Gasteiger partial charge in [-0.2, -0.15) is 0 Å². The van der Waals surface area contributed by atoms with E-state index >= 15 is 0 Å². The van der Waals surface area contributed by atoms with E-state index in [9.17, 15) is 9.18 Å². The van der Waals surface area contributed by atoms with Gasteiger partial charge in [-0.1, -0.05) is 12.1 Å². The van der Waals surface area contributed by atoms with E-state index in [1.807, 2.05) is 6.92 Å². The maximum absolute atomic E-state index is 13.0. The third kappa shape index (κ3) is 2.99. The molecule has 0 heterocycles. The van der Waals surface area contributed by atoms with Crippen molar-refractivity contribution >= 4 is 5.78 Å². The summed E-state index contributed by atoms with van der Waals surface area (Å²) in [5.41, 5.74) is 1.68. The highest BCUT2D eigenvalue weighted by molar-refractivity contribution is 6.10. The molecule has 0 amide bonds. The highest BCUT2D eigenvalue weighted by Gasteiger charge is 2.12. The van der Waals surface area contributed by atoms with E-state index in [1.54, 1.807) is 31.2 Å². The lowest BCUT2D eigenvalue weighted by Crippen LogP contribution is -2.04. The van der Waals surface area contributed by atoms with Crippen LogP contribution in [0.1, 0.15) is 28.4 Å². The molecule has 0 aromatic heterocycles. The molecule has 19 heavy (non-hydrogen) atoms. The number of carbonyl (C=O) groups excluding carboxylic acids is 1. The highest BCUT2D eigenvalue weighted by atomic mass is 19.1. The zero-order valence-corrected chi connectivity index (χ0v) is 10.9. The van der Waals surface area contributed by atoms with Gasteiger partial charge in [-0.3, -0.25) is 4.79 Å². The van der Waals surface area contributed by atoms with Crippen LogP contribution in [0, 0.1) is 12.7 Å². The van der Waals surface area contributed by atoms with Crippen molar-refractivity contribution in [3.05, 3.63) is 65.0 Å². The topological polar surface area (TPSA) is 26.3 Å². The van der Waals surface area contributed by atoms with Gasteiger partial charge in [-0.15, -0.1) is 0 Å². The van der Waals surface area contributed by atoms with E-state index in [0.29, 0.717) is 29.0 Å². The molecule has 98 valence electrons. The van der Waals surface area contributed by atoms with E-state index in [1.165, 1.54) is 18.2 Å². The van der Waals surface area contributed by atoms with Crippen molar-refractivity contribution in [1.82, 2.24) is 0 Å². The van der Waals surface area contributed by atoms with Crippen molar-refractivity contribution in [2.75, 3.05) is 6.61 Å². The first-order chi connectivity index (χ1) is 9.11. The Labute approximate surface area is 111 Å². The fourth-order valence-corrected chi connectivity index (χ4v) is 1.93. The van der Waals surface area contributed by atoms with Crippen LogP contribution in [0.5, 0.6) is 5.75 Å². The Morgan fingerprint density at radius 1 is 1.21 bits per heavy atom. The van der Waals surface area contributed by atoms with Gasteiger partial charge in [0.2, 0.25) is 0 Å². The number of hydrogen-bond donors (Lipinski definition) is 0. The molecule has 0 aliphatic heterocycles. The second kappa shape index (κ2) is 5.65. The summed E-state index contributed by atoms with van der Waals surface area (Å²) in [4.78, 5) is 12.4. The van der Waals surface area contributed by atoms with Gasteiger partial charge < -0.3 is 4.74 Å². The standard InChI is InChI=1S/C16H15FO2/c1-3-19-14-6-4-5-12(10-14)16(18)15-8-7-13(17)9-11(15)2/h4-10H,3H2,1-2H3. The molecule has 0 aliphatic rings. The number of ketones is 1. The minimum atomic E-state index is -0.336. The van der Waals surface area contributed by atoms with Crippen molar-refractivity contribution in [2.24, 2.45) is 0 Å². The quantitative estimate of drug-likeness (QED) is 0.780. The largest absolute Gasteiger partial charge is 0.494 e. The zero-order chi connectivity index (χ0) is 13.8. The Morgan fingerprint density at radius 3 is 2.68 bits per heavy atom. The Bertz CT molecular complexity index is 605. The molecule has 0 aliphatic carbocycles. The molecule has 0 unspecified atom stereocenters. The van der Waals surface area contributed by atoms with Gasteiger partial charge in [0.25, 0.3) is 0 Å². The number of carbonyl (C=O) groups is 1. The molecule has 2 aromatic rings. The summed E-state index contributed by atoms with van der Waals surface area (Å²) in [6.45, 7) is 4.16. The average molecular weight is 258 g/mol. The van der Waals surface area contributed by atoms with Gasteiger partial charge in [0.15, 0.2) is 5.78 Å². The third-order valence-corrected chi connectivity index (χ3v) is 2.84. The molecule has 0 fully saturated rings. The van der Waals surface area contributed by atoms with Crippen LogP contribution in [0.2, 0.25) is 0 Å². The first-order valence-corrected chi connectivity index (χ1v) is 6.15. The molecule has 0 bridgehead atoms. The van der Waals surface area contributed by atoms with Crippen LogP contribution in [0.25, 0.3) is 0 Å². The molecule has 2 nitrogen and oxygen atoms in total. The van der Waals surface area contributed by atoms with Crippen molar-refractivity contribution in [2.45, 2.75) is 13.8 Å². The van der Waals surface area contributed by atoms with Gasteiger partial charge in [0.1, 0.15) is 11.6 Å². The highest BCUT2D eigenvalue weighted by Crippen LogP contribution is 2.19. The summed E-state index contributed by atoms with van der Waals surface area (Å²) in [6.07, 6.45) is 0. The smallest absolute Gasteiger partial charge is 0.193 e. The van der Waals surface area contributed by atoms with Gasteiger partial charge in [-0.05, 0) is 49.7 Å². The fourth-order valence-electron chi connectivity index (χ4n) is 1.93. The number of ether oxygens (including phenoxy) is 1. The molecule has 2 aromatic carbocycles. The van der Waals surface area contributed by atoms with E-state index in [0.717, 1.165) is 0 Å². The van der Waals surface area contributed by atoms with Crippen LogP contribution in [0.3, 0.4) is 0 Å². The average Bonchev–Trinajstić information content (AvgIpc) is 2.39. The summed E-state index contributed by atoms with van der Waals surface area (Å²) in [5, 5.41) is 0. The fraction of sp³-hybridized carbons (Fsp3) is 0.188. The van der Waals surface area contributed by atoms with E-state index < -0.39 is 0 Å². The summed E-state index contributed by atoms with van der Waals surface area (Å²) in [5.74, 6) is 0.198. The molecule has 0 N–H and O–H groups in total. The van der Waals surface area contributed by atoms with Crippen LogP contribution in [0.15, 0.2) is 42.5 Å². The zero-order valence-electron chi connectivity index (χ0n) is 10.9. The molecular formula is C16H15FO2. The number of rotatable bonds is 4. The molecule has 0 radical (unpaired) electrons. The summed E-state index contributed by atoms with van der Waals surface area (Å²) in [6, 6.07) is 11.2. The molecule has 0 atom stereocenters. The normalized spacial score (nSPS) is 10.3. The maximum Gasteiger partial charge on any atom is 0.193 e. The summed E-state index contributed by atoms with van der Waals surface area (Å²) in [7, 11) is 0. The number of benzene rings is 2. The summed E-state index contributed by atoms with van der Waals surface area (Å²) < 4.78 is 18.4. The van der Waals surface area contributed by atoms with Gasteiger partial charge in [0.05, 0.1) is 6.61 Å². The minimum absolute atomic E-state index is 0.126. The third-order valence-electron chi connectivity index (χ3n) is 2.84. The van der Waals surface area contributed by atoms with E-state index in [-0.39, 0.29) is 11.6 Å². The van der Waals surface area contributed by atoms with Crippen LogP contribution < -0.4 is 4.74 Å². The number of aryl methyl sites for hydroxylation is 1. The Morgan fingerprint density at radius 2 is 2.00 bits per heavy atom. The van der Waals surface area contributed by atoms with Crippen molar-refractivity contribution in [1.29, 1.82) is 0 Å². The van der Waals surface area contributed by atoms with E-state index in [4.69, 9.17) is 4.74 Å². The number of halogens is 1. The lowest BCUT2D eigenvalue weighted by atomic mass is 9.99. The Balaban J connectivity index is 2.35. The SMILES string of the molecule is CCOc1cccc(C(=O)c2ccc(F)cc2C)c1. The monoisotopic (exact) mass is 258 g/mol. The van der Waals surface area contributed by atoms with Crippen molar-refractivity contribution in [3.63, 3.8) is 0 Å². The lowest BCUT2D eigenvalue weighted by Gasteiger charge is -2.07. The van der Waals surface area contributed by atoms with E-state index in [2.05, 4.69) is 0 Å². The van der Waals surface area contributed by atoms with Crippen LogP contribution >= 0.6 is 0 Å². The van der Waals surface area contributed by atoms with Gasteiger partial charge in [0, 0.05) is 11.1 Å². The van der Waals surface area contributed by atoms with Gasteiger partial charge in [-0.25, -0.2) is 4.39 Å². The van der Waals surface area contributed by atoms with Crippen LogP contribution in [0.4, 0.5) is 4.39 Å². The van der Waals surface area contributed by atoms with Crippen LogP contribution in [-0.4, -0.2) is 12.4 Å². The predicted octanol–water partition coefficient (Wildman–Crippen LogP) is 3.76. The van der Waals surface area contributed by atoms with Crippen molar-refractivity contribution < 1.29 is 13.9 Å².